The largest absolute Gasteiger partial charge is 0.335 e. The van der Waals surface area contributed by atoms with E-state index in [1.165, 1.54) is 4.90 Å². The fraction of sp³-hybridized carbons (Fsp3) is 0.889. The molecule has 1 heterocycles. The molecule has 2 atom stereocenters. The maximum absolute atomic E-state index is 12.2. The van der Waals surface area contributed by atoms with Crippen LogP contribution in [-0.4, -0.2) is 54.4 Å². The Bertz CT molecular complexity index is 211. The third kappa shape index (κ3) is 2.20. The van der Waals surface area contributed by atoms with E-state index in [1.807, 2.05) is 20.9 Å². The molecule has 1 aliphatic heterocycles. The summed E-state index contributed by atoms with van der Waals surface area (Å²) >= 11 is 0. The van der Waals surface area contributed by atoms with E-state index < -0.39 is 12.3 Å². The van der Waals surface area contributed by atoms with Gasteiger partial charge in [-0.05, 0) is 20.9 Å². The molecule has 2 unspecified atom stereocenters. The molecule has 14 heavy (non-hydrogen) atoms. The van der Waals surface area contributed by atoms with Gasteiger partial charge in [0.15, 0.2) is 0 Å². The molecule has 82 valence electrons. The molecule has 0 aromatic carbocycles. The number of hydrogen-bond donors (Lipinski definition) is 0. The number of likely N-dealkylation sites (N-methyl/N-ethyl adjacent to an activating group) is 1. The number of hydrogen-bond acceptors (Lipinski definition) is 2. The average molecular weight is 206 g/mol. The molecule has 1 amide bonds. The van der Waals surface area contributed by atoms with Crippen LogP contribution in [0, 0.1) is 0 Å². The summed E-state index contributed by atoms with van der Waals surface area (Å²) in [5, 5.41) is 0. The zero-order valence-corrected chi connectivity index (χ0v) is 8.70. The quantitative estimate of drug-likeness (QED) is 0.633. The molecule has 1 saturated heterocycles. The Morgan fingerprint density at radius 3 is 2.07 bits per heavy atom. The maximum atomic E-state index is 12.2. The molecule has 0 saturated carbocycles. The van der Waals surface area contributed by atoms with Gasteiger partial charge < -0.3 is 4.90 Å². The van der Waals surface area contributed by atoms with Gasteiger partial charge in [-0.25, -0.2) is 0 Å². The Hall–Kier alpha value is -0.710. The number of piperazine rings is 1. The van der Waals surface area contributed by atoms with Crippen LogP contribution in [0.1, 0.15) is 13.8 Å². The molecule has 0 N–H and O–H groups in total. The monoisotopic (exact) mass is 206 g/mol. The molecule has 1 aliphatic rings. The number of halogens is 2. The van der Waals surface area contributed by atoms with Gasteiger partial charge in [0.05, 0.1) is 0 Å². The van der Waals surface area contributed by atoms with E-state index in [0.29, 0.717) is 13.1 Å². The van der Waals surface area contributed by atoms with Crippen molar-refractivity contribution < 1.29 is 13.6 Å². The van der Waals surface area contributed by atoms with Gasteiger partial charge >= 0.3 is 6.43 Å². The van der Waals surface area contributed by atoms with E-state index in [0.717, 1.165) is 0 Å². The topological polar surface area (TPSA) is 23.6 Å². The second kappa shape index (κ2) is 4.21. The van der Waals surface area contributed by atoms with Gasteiger partial charge in [0.2, 0.25) is 0 Å². The van der Waals surface area contributed by atoms with E-state index in [-0.39, 0.29) is 12.1 Å². The van der Waals surface area contributed by atoms with Crippen molar-refractivity contribution in [2.24, 2.45) is 0 Å². The van der Waals surface area contributed by atoms with E-state index in [2.05, 4.69) is 4.90 Å². The number of nitrogens with zero attached hydrogens (tertiary/aromatic N) is 2. The lowest BCUT2D eigenvalue weighted by atomic mass is 10.1. The van der Waals surface area contributed by atoms with Crippen LogP contribution in [0.2, 0.25) is 0 Å². The second-order valence-electron chi connectivity index (χ2n) is 3.91. The van der Waals surface area contributed by atoms with Gasteiger partial charge in [0.1, 0.15) is 0 Å². The molecule has 0 aromatic rings. The zero-order chi connectivity index (χ0) is 10.9. The highest BCUT2D eigenvalue weighted by atomic mass is 19.3. The Kier molecular flexibility index (Phi) is 3.42. The normalized spacial score (nSPS) is 29.7. The first-order valence-electron chi connectivity index (χ1n) is 4.72. The number of amides is 1. The molecule has 0 spiro atoms. The van der Waals surface area contributed by atoms with Gasteiger partial charge in [-0.2, -0.15) is 8.78 Å². The maximum Gasteiger partial charge on any atom is 0.315 e. The molecular weight excluding hydrogens is 190 g/mol. The van der Waals surface area contributed by atoms with E-state index in [9.17, 15) is 13.6 Å². The zero-order valence-electron chi connectivity index (χ0n) is 8.70. The molecule has 0 radical (unpaired) electrons. The van der Waals surface area contributed by atoms with Crippen LogP contribution >= 0.6 is 0 Å². The third-order valence-electron chi connectivity index (χ3n) is 2.86. The van der Waals surface area contributed by atoms with Crippen molar-refractivity contribution in [3.05, 3.63) is 0 Å². The molecule has 1 fully saturated rings. The lowest BCUT2D eigenvalue weighted by Crippen LogP contribution is -2.57. The minimum absolute atomic E-state index is 0.140. The van der Waals surface area contributed by atoms with Gasteiger partial charge in [0.25, 0.3) is 5.91 Å². The highest BCUT2D eigenvalue weighted by molar-refractivity contribution is 5.79. The molecule has 1 rings (SSSR count). The van der Waals surface area contributed by atoms with Crippen LogP contribution in [0.25, 0.3) is 0 Å². The molecule has 0 aromatic heterocycles. The first-order chi connectivity index (χ1) is 6.43. The number of carbonyl (C=O) groups is 1. The SMILES string of the molecule is CC1CN(C(=O)C(F)F)CC(C)N1C. The van der Waals surface area contributed by atoms with Gasteiger partial charge in [-0.3, -0.25) is 9.69 Å². The lowest BCUT2D eigenvalue weighted by Gasteiger charge is -2.42. The van der Waals surface area contributed by atoms with E-state index in [1.54, 1.807) is 0 Å². The summed E-state index contributed by atoms with van der Waals surface area (Å²) in [5.74, 6) is -1.04. The van der Waals surface area contributed by atoms with E-state index >= 15 is 0 Å². The van der Waals surface area contributed by atoms with Crippen molar-refractivity contribution >= 4 is 5.91 Å². The Balaban J connectivity index is 2.62. The molecule has 5 heteroatoms. The summed E-state index contributed by atoms with van der Waals surface area (Å²) in [6.45, 7) is 4.65. The van der Waals surface area contributed by atoms with Crippen LogP contribution in [0.5, 0.6) is 0 Å². The van der Waals surface area contributed by atoms with Crippen molar-refractivity contribution in [3.63, 3.8) is 0 Å². The van der Waals surface area contributed by atoms with Gasteiger partial charge in [0, 0.05) is 25.2 Å². The Morgan fingerprint density at radius 1 is 1.29 bits per heavy atom. The summed E-state index contributed by atoms with van der Waals surface area (Å²) in [6, 6.07) is 0.280. The minimum atomic E-state index is -2.88. The van der Waals surface area contributed by atoms with Crippen LogP contribution in [0.3, 0.4) is 0 Å². The first-order valence-corrected chi connectivity index (χ1v) is 4.72. The third-order valence-corrected chi connectivity index (χ3v) is 2.86. The Morgan fingerprint density at radius 2 is 1.71 bits per heavy atom. The van der Waals surface area contributed by atoms with Crippen molar-refractivity contribution in [3.8, 4) is 0 Å². The summed E-state index contributed by atoms with van der Waals surface area (Å²) in [6.07, 6.45) is -2.88. The fourth-order valence-electron chi connectivity index (χ4n) is 1.72. The predicted octanol–water partition coefficient (Wildman–Crippen LogP) is 0.802. The van der Waals surface area contributed by atoms with Gasteiger partial charge in [-0.1, -0.05) is 0 Å². The highest BCUT2D eigenvalue weighted by Gasteiger charge is 2.32. The second-order valence-corrected chi connectivity index (χ2v) is 3.91. The summed E-state index contributed by atoms with van der Waals surface area (Å²) in [4.78, 5) is 14.4. The smallest absolute Gasteiger partial charge is 0.315 e. The molecule has 3 nitrogen and oxygen atoms in total. The van der Waals surface area contributed by atoms with Crippen LogP contribution in [-0.2, 0) is 4.79 Å². The Labute approximate surface area is 82.7 Å². The first kappa shape index (κ1) is 11.4. The number of rotatable bonds is 1. The fourth-order valence-corrected chi connectivity index (χ4v) is 1.72. The standard InChI is InChI=1S/C9H16F2N2O/c1-6-4-13(9(14)8(10)11)5-7(2)12(6)3/h6-8H,4-5H2,1-3H3. The molecular formula is C9H16F2N2O. The predicted molar refractivity (Wildman–Crippen MR) is 49.3 cm³/mol. The van der Waals surface area contributed by atoms with Crippen LogP contribution < -0.4 is 0 Å². The summed E-state index contributed by atoms with van der Waals surface area (Å²) in [5.41, 5.74) is 0. The summed E-state index contributed by atoms with van der Waals surface area (Å²) in [7, 11) is 1.94. The van der Waals surface area contributed by atoms with Crippen LogP contribution in [0.15, 0.2) is 0 Å². The van der Waals surface area contributed by atoms with Crippen molar-refractivity contribution in [2.75, 3.05) is 20.1 Å². The number of alkyl halides is 2. The van der Waals surface area contributed by atoms with Crippen molar-refractivity contribution in [1.82, 2.24) is 9.80 Å². The van der Waals surface area contributed by atoms with Crippen molar-refractivity contribution in [2.45, 2.75) is 32.4 Å². The lowest BCUT2D eigenvalue weighted by molar-refractivity contribution is -0.146. The van der Waals surface area contributed by atoms with Crippen LogP contribution in [0.4, 0.5) is 8.78 Å². The summed E-state index contributed by atoms with van der Waals surface area (Å²) < 4.78 is 24.3. The molecule has 0 bridgehead atoms. The molecule has 0 aliphatic carbocycles. The van der Waals surface area contributed by atoms with E-state index in [4.69, 9.17) is 0 Å². The van der Waals surface area contributed by atoms with Gasteiger partial charge in [-0.15, -0.1) is 0 Å². The minimum Gasteiger partial charge on any atom is -0.335 e. The van der Waals surface area contributed by atoms with Crippen molar-refractivity contribution in [1.29, 1.82) is 0 Å². The highest BCUT2D eigenvalue weighted by Crippen LogP contribution is 2.15. The average Bonchev–Trinajstić information content (AvgIpc) is 2.12. The number of carbonyl (C=O) groups excluding carboxylic acids is 1.